The van der Waals surface area contributed by atoms with Crippen LogP contribution in [0.3, 0.4) is 0 Å². The van der Waals surface area contributed by atoms with Crippen LogP contribution in [-0.2, 0) is 23.7 Å². The highest BCUT2D eigenvalue weighted by atomic mass is 16.7. The first-order valence-corrected chi connectivity index (χ1v) is 14.9. The Morgan fingerprint density at radius 1 is 1.05 bits per heavy atom. The molecule has 2 aliphatic heterocycles. The number of carbonyl (C=O) groups excluding carboxylic acids is 1. The zero-order valence-corrected chi connectivity index (χ0v) is 23.6. The molecule has 4 N–H and O–H groups in total. The van der Waals surface area contributed by atoms with Crippen molar-refractivity contribution in [3.63, 3.8) is 0 Å². The third kappa shape index (κ3) is 4.09. The summed E-state index contributed by atoms with van der Waals surface area (Å²) in [7, 11) is 1.47. The highest BCUT2D eigenvalue weighted by Gasteiger charge is 2.70. The Morgan fingerprint density at radius 3 is 2.51 bits per heavy atom. The van der Waals surface area contributed by atoms with Crippen molar-refractivity contribution in [2.75, 3.05) is 13.7 Å². The lowest BCUT2D eigenvalue weighted by molar-refractivity contribution is -0.314. The highest BCUT2D eigenvalue weighted by molar-refractivity contribution is 5.85. The van der Waals surface area contributed by atoms with Crippen LogP contribution in [0.25, 0.3) is 0 Å². The maximum Gasteiger partial charge on any atom is 0.331 e. The van der Waals surface area contributed by atoms with Crippen LogP contribution in [0.4, 0.5) is 0 Å². The summed E-state index contributed by atoms with van der Waals surface area (Å²) in [6.45, 7) is 6.46. The summed E-state index contributed by atoms with van der Waals surface area (Å²) in [5.74, 6) is 0.0523. The zero-order valence-electron chi connectivity index (χ0n) is 23.6. The van der Waals surface area contributed by atoms with Crippen LogP contribution < -0.4 is 0 Å². The Balaban J connectivity index is 1.18. The number of ether oxygens (including phenoxy) is 4. The molecule has 0 radical (unpaired) electrons. The van der Waals surface area contributed by atoms with Crippen LogP contribution in [0, 0.1) is 34.5 Å². The second-order valence-corrected chi connectivity index (χ2v) is 13.9. The van der Waals surface area contributed by atoms with Gasteiger partial charge in [0, 0.05) is 18.6 Å². The van der Waals surface area contributed by atoms with Crippen LogP contribution in [0.1, 0.15) is 72.1 Å². The standard InChI is InChI=1S/C30H46O9/c1-15-24(33)26(36-4)25(34)27(38-15)39-18-7-9-28(2)17(12-18)5-6-20-23(28)21(31)13-29(3)19(8-10-30(20,29)35)16-11-22(32)37-14-16/h11,15,17-21,23-27,31,33-35H,5-10,12-14H2,1-4H3/t15-,17-,18-,19-,20-,21-,23-,24+,25-,26+,27-,28+,29-,30-/m1/s1. The van der Waals surface area contributed by atoms with Crippen molar-refractivity contribution in [2.45, 2.75) is 121 Å². The number of fused-ring (bicyclic) bond motifs is 5. The SMILES string of the molecule is CO[C@H]1[C@@H](O)[C@@H](C)O[C@H](O[C@@H]2CC[C@@]3(C)[C@H](CC[C@@H]4[C@@H]3[C@H](O)C[C@]3(C)[C@@H](C5=CC(=O)OC5)CC[C@@]43O)C2)[C@@H]1O. The molecule has 14 atom stereocenters. The molecule has 2 heterocycles. The minimum Gasteiger partial charge on any atom is -0.458 e. The fraction of sp³-hybridized carbons (Fsp3) is 0.900. The van der Waals surface area contributed by atoms with Gasteiger partial charge in [0.1, 0.15) is 24.9 Å². The molecule has 39 heavy (non-hydrogen) atoms. The van der Waals surface area contributed by atoms with E-state index in [1.807, 2.05) is 0 Å². The number of carbonyl (C=O) groups is 1. The number of aliphatic hydroxyl groups excluding tert-OH is 3. The summed E-state index contributed by atoms with van der Waals surface area (Å²) in [4.78, 5) is 11.8. The smallest absolute Gasteiger partial charge is 0.331 e. The van der Waals surface area contributed by atoms with E-state index in [-0.39, 0.29) is 35.2 Å². The Labute approximate surface area is 230 Å². The monoisotopic (exact) mass is 550 g/mol. The van der Waals surface area contributed by atoms with E-state index in [1.165, 1.54) is 7.11 Å². The highest BCUT2D eigenvalue weighted by Crippen LogP contribution is 2.70. The quantitative estimate of drug-likeness (QED) is 0.307. The number of hydrogen-bond donors (Lipinski definition) is 4. The van der Waals surface area contributed by atoms with Crippen LogP contribution in [-0.4, -0.2) is 88.6 Å². The largest absolute Gasteiger partial charge is 0.458 e. The van der Waals surface area contributed by atoms with Gasteiger partial charge in [0.05, 0.1) is 23.9 Å². The van der Waals surface area contributed by atoms with Gasteiger partial charge < -0.3 is 39.4 Å². The molecule has 9 nitrogen and oxygen atoms in total. The van der Waals surface area contributed by atoms with Crippen LogP contribution in [0.15, 0.2) is 11.6 Å². The first-order valence-electron chi connectivity index (χ1n) is 14.9. The predicted molar refractivity (Wildman–Crippen MR) is 139 cm³/mol. The van der Waals surface area contributed by atoms with Crippen LogP contribution in [0.5, 0.6) is 0 Å². The average Bonchev–Trinajstić information content (AvgIpc) is 3.42. The lowest BCUT2D eigenvalue weighted by Gasteiger charge is -2.65. The zero-order chi connectivity index (χ0) is 27.9. The van der Waals surface area contributed by atoms with Gasteiger partial charge >= 0.3 is 5.97 Å². The Morgan fingerprint density at radius 2 is 1.82 bits per heavy atom. The third-order valence-electron chi connectivity index (χ3n) is 12.3. The first-order chi connectivity index (χ1) is 18.4. The molecule has 0 spiro atoms. The predicted octanol–water partition coefficient (Wildman–Crippen LogP) is 2.08. The van der Waals surface area contributed by atoms with E-state index in [4.69, 9.17) is 18.9 Å². The lowest BCUT2D eigenvalue weighted by Crippen LogP contribution is -2.66. The van der Waals surface area contributed by atoms with Crippen molar-refractivity contribution in [3.05, 3.63) is 11.6 Å². The van der Waals surface area contributed by atoms with E-state index < -0.39 is 47.8 Å². The number of esters is 1. The molecule has 0 aromatic carbocycles. The summed E-state index contributed by atoms with van der Waals surface area (Å²) in [6, 6.07) is 0. The van der Waals surface area contributed by atoms with E-state index in [9.17, 15) is 25.2 Å². The Hall–Kier alpha value is -1.07. The summed E-state index contributed by atoms with van der Waals surface area (Å²) < 4.78 is 22.7. The van der Waals surface area contributed by atoms with Crippen LogP contribution in [0.2, 0.25) is 0 Å². The number of hydrogen-bond acceptors (Lipinski definition) is 9. The number of cyclic esters (lactones) is 1. The van der Waals surface area contributed by atoms with Crippen molar-refractivity contribution in [1.29, 1.82) is 0 Å². The number of aliphatic hydroxyl groups is 4. The number of methoxy groups -OCH3 is 1. The Kier molecular flexibility index (Phi) is 7.02. The molecule has 6 aliphatic rings. The van der Waals surface area contributed by atoms with Crippen molar-refractivity contribution in [1.82, 2.24) is 0 Å². The van der Waals surface area contributed by atoms with E-state index in [0.29, 0.717) is 25.4 Å². The third-order valence-corrected chi connectivity index (χ3v) is 12.3. The van der Waals surface area contributed by atoms with E-state index in [2.05, 4.69) is 13.8 Å². The van der Waals surface area contributed by atoms with Crippen molar-refractivity contribution >= 4 is 5.97 Å². The van der Waals surface area contributed by atoms with Crippen molar-refractivity contribution in [3.8, 4) is 0 Å². The van der Waals surface area contributed by atoms with Gasteiger partial charge in [-0.15, -0.1) is 0 Å². The van der Waals surface area contributed by atoms with Gasteiger partial charge in [-0.3, -0.25) is 0 Å². The minimum atomic E-state index is -1.08. The van der Waals surface area contributed by atoms with Crippen molar-refractivity contribution < 1.29 is 44.2 Å². The molecule has 0 amide bonds. The van der Waals surface area contributed by atoms with Gasteiger partial charge in [-0.2, -0.15) is 0 Å². The van der Waals surface area contributed by atoms with Crippen molar-refractivity contribution in [2.24, 2.45) is 34.5 Å². The summed E-state index contributed by atoms with van der Waals surface area (Å²) in [5, 5.41) is 45.2. The van der Waals surface area contributed by atoms with Gasteiger partial charge in [0.2, 0.25) is 0 Å². The molecule has 9 heteroatoms. The normalized spacial score (nSPS) is 55.3. The molecule has 0 bridgehead atoms. The fourth-order valence-electron chi connectivity index (χ4n) is 10.2. The average molecular weight is 551 g/mol. The maximum atomic E-state index is 12.4. The molecule has 1 saturated heterocycles. The Bertz CT molecular complexity index is 1000. The molecule has 4 aliphatic carbocycles. The fourth-order valence-corrected chi connectivity index (χ4v) is 10.2. The molecule has 4 saturated carbocycles. The molecular weight excluding hydrogens is 504 g/mol. The maximum absolute atomic E-state index is 12.4. The lowest BCUT2D eigenvalue weighted by atomic mass is 9.42. The van der Waals surface area contributed by atoms with Gasteiger partial charge in [-0.25, -0.2) is 4.79 Å². The molecular formula is C30H46O9. The number of rotatable bonds is 4. The summed E-state index contributed by atoms with van der Waals surface area (Å²) in [5.41, 5.74) is -0.550. The molecule has 6 rings (SSSR count). The van der Waals surface area contributed by atoms with Crippen LogP contribution >= 0.6 is 0 Å². The molecule has 220 valence electrons. The van der Waals surface area contributed by atoms with E-state index in [0.717, 1.165) is 44.1 Å². The molecule has 5 fully saturated rings. The van der Waals surface area contributed by atoms with Gasteiger partial charge in [-0.05, 0) is 93.0 Å². The molecule has 0 aromatic heterocycles. The topological polar surface area (TPSA) is 135 Å². The van der Waals surface area contributed by atoms with Gasteiger partial charge in [0.15, 0.2) is 6.29 Å². The summed E-state index contributed by atoms with van der Waals surface area (Å²) in [6.07, 6.45) is 3.05. The minimum absolute atomic E-state index is 0.00175. The molecule has 0 unspecified atom stereocenters. The van der Waals surface area contributed by atoms with Gasteiger partial charge in [0.25, 0.3) is 0 Å². The second-order valence-electron chi connectivity index (χ2n) is 13.9. The first kappa shape index (κ1) is 28.1. The summed E-state index contributed by atoms with van der Waals surface area (Å²) >= 11 is 0. The molecule has 0 aromatic rings. The van der Waals surface area contributed by atoms with E-state index in [1.54, 1.807) is 13.0 Å². The second kappa shape index (κ2) is 9.75. The van der Waals surface area contributed by atoms with Gasteiger partial charge in [-0.1, -0.05) is 13.8 Å². The van der Waals surface area contributed by atoms with E-state index >= 15 is 0 Å².